The van der Waals surface area contributed by atoms with Gasteiger partial charge in [-0.3, -0.25) is 4.79 Å². The zero-order valence-electron chi connectivity index (χ0n) is 11.8. The molecule has 0 spiro atoms. The van der Waals surface area contributed by atoms with E-state index < -0.39 is 0 Å². The number of hydrogen-bond donors (Lipinski definition) is 1. The van der Waals surface area contributed by atoms with Gasteiger partial charge in [-0.2, -0.15) is 0 Å². The predicted octanol–water partition coefficient (Wildman–Crippen LogP) is 1.64. The Morgan fingerprint density at radius 1 is 1.30 bits per heavy atom. The highest BCUT2D eigenvalue weighted by molar-refractivity contribution is 5.77. The molecule has 1 fully saturated rings. The average molecular weight is 279 g/mol. The van der Waals surface area contributed by atoms with Crippen molar-refractivity contribution in [3.05, 3.63) is 29.8 Å². The quantitative estimate of drug-likeness (QED) is 0.860. The Morgan fingerprint density at radius 2 is 2.00 bits per heavy atom. The summed E-state index contributed by atoms with van der Waals surface area (Å²) in [5.74, 6) is 0.561. The van der Waals surface area contributed by atoms with Crippen molar-refractivity contribution in [3.63, 3.8) is 0 Å². The molecule has 2 rings (SSSR count). The van der Waals surface area contributed by atoms with Gasteiger partial charge in [0.2, 0.25) is 0 Å². The Balaban J connectivity index is 1.59. The summed E-state index contributed by atoms with van der Waals surface area (Å²) in [5.41, 5.74) is 1.16. The Labute approximate surface area is 119 Å². The maximum absolute atomic E-state index is 11.6. The van der Waals surface area contributed by atoms with Crippen LogP contribution in [0.1, 0.15) is 18.4 Å². The SMILES string of the molecule is Cc1ccc(OCC(=O)NCCC2OCCCO2)cc1. The third kappa shape index (κ3) is 5.19. The summed E-state index contributed by atoms with van der Waals surface area (Å²) in [6, 6.07) is 7.61. The second kappa shape index (κ2) is 7.87. The fourth-order valence-electron chi connectivity index (χ4n) is 1.87. The second-order valence-electron chi connectivity index (χ2n) is 4.77. The van der Waals surface area contributed by atoms with E-state index in [1.807, 2.05) is 31.2 Å². The summed E-state index contributed by atoms with van der Waals surface area (Å²) in [7, 11) is 0. The Morgan fingerprint density at radius 3 is 2.70 bits per heavy atom. The molecule has 1 aromatic carbocycles. The van der Waals surface area contributed by atoms with Crippen molar-refractivity contribution in [1.29, 1.82) is 0 Å². The average Bonchev–Trinajstić information content (AvgIpc) is 2.48. The van der Waals surface area contributed by atoms with Crippen LogP contribution in [-0.2, 0) is 14.3 Å². The van der Waals surface area contributed by atoms with Gasteiger partial charge in [0.15, 0.2) is 12.9 Å². The molecule has 20 heavy (non-hydrogen) atoms. The van der Waals surface area contributed by atoms with Crippen molar-refractivity contribution in [1.82, 2.24) is 5.32 Å². The molecule has 0 atom stereocenters. The zero-order chi connectivity index (χ0) is 14.2. The van der Waals surface area contributed by atoms with Crippen LogP contribution in [0.3, 0.4) is 0 Å². The number of ether oxygens (including phenoxy) is 3. The molecule has 1 aliphatic heterocycles. The lowest BCUT2D eigenvalue weighted by Gasteiger charge is -2.23. The number of benzene rings is 1. The number of rotatable bonds is 6. The fraction of sp³-hybridized carbons (Fsp3) is 0.533. The summed E-state index contributed by atoms with van der Waals surface area (Å²) < 4.78 is 16.2. The molecule has 1 heterocycles. The molecular weight excluding hydrogens is 258 g/mol. The molecule has 1 N–H and O–H groups in total. The molecule has 5 heteroatoms. The van der Waals surface area contributed by atoms with Gasteiger partial charge in [0.1, 0.15) is 5.75 Å². The first kappa shape index (κ1) is 14.8. The van der Waals surface area contributed by atoms with E-state index in [0.29, 0.717) is 18.7 Å². The van der Waals surface area contributed by atoms with Crippen molar-refractivity contribution in [2.45, 2.75) is 26.1 Å². The molecule has 1 aliphatic rings. The molecule has 0 bridgehead atoms. The molecule has 0 aromatic heterocycles. The first-order valence-corrected chi connectivity index (χ1v) is 6.93. The van der Waals surface area contributed by atoms with Gasteiger partial charge in [-0.25, -0.2) is 0 Å². The van der Waals surface area contributed by atoms with Crippen LogP contribution in [0.15, 0.2) is 24.3 Å². The molecule has 0 saturated carbocycles. The van der Waals surface area contributed by atoms with Gasteiger partial charge in [-0.05, 0) is 25.5 Å². The fourth-order valence-corrected chi connectivity index (χ4v) is 1.87. The van der Waals surface area contributed by atoms with Gasteiger partial charge in [-0.1, -0.05) is 17.7 Å². The summed E-state index contributed by atoms with van der Waals surface area (Å²) >= 11 is 0. The van der Waals surface area contributed by atoms with Crippen LogP contribution in [-0.4, -0.2) is 38.6 Å². The molecule has 1 saturated heterocycles. The number of nitrogens with one attached hydrogen (secondary N) is 1. The zero-order valence-corrected chi connectivity index (χ0v) is 11.8. The summed E-state index contributed by atoms with van der Waals surface area (Å²) in [4.78, 5) is 11.6. The Bertz CT molecular complexity index is 412. The molecule has 1 aromatic rings. The van der Waals surface area contributed by atoms with Crippen LogP contribution in [0.5, 0.6) is 5.75 Å². The lowest BCUT2D eigenvalue weighted by Crippen LogP contribution is -2.34. The minimum atomic E-state index is -0.193. The summed E-state index contributed by atoms with van der Waals surface area (Å²) in [6.07, 6.45) is 1.41. The van der Waals surface area contributed by atoms with Crippen molar-refractivity contribution in [3.8, 4) is 5.75 Å². The van der Waals surface area contributed by atoms with Gasteiger partial charge < -0.3 is 19.5 Å². The molecular formula is C15H21NO4. The maximum Gasteiger partial charge on any atom is 0.257 e. The Hall–Kier alpha value is -1.59. The number of hydrogen-bond acceptors (Lipinski definition) is 4. The topological polar surface area (TPSA) is 56.8 Å². The molecule has 110 valence electrons. The van der Waals surface area contributed by atoms with Crippen LogP contribution in [0.2, 0.25) is 0 Å². The number of carbonyl (C=O) groups is 1. The van der Waals surface area contributed by atoms with Crippen LogP contribution in [0, 0.1) is 6.92 Å². The van der Waals surface area contributed by atoms with Crippen LogP contribution in [0.25, 0.3) is 0 Å². The van der Waals surface area contributed by atoms with E-state index >= 15 is 0 Å². The highest BCUT2D eigenvalue weighted by Crippen LogP contribution is 2.11. The third-order valence-electron chi connectivity index (χ3n) is 2.99. The molecule has 5 nitrogen and oxygen atoms in total. The first-order valence-electron chi connectivity index (χ1n) is 6.93. The molecule has 0 aliphatic carbocycles. The number of amides is 1. The van der Waals surface area contributed by atoms with E-state index in [1.54, 1.807) is 0 Å². The lowest BCUT2D eigenvalue weighted by molar-refractivity contribution is -0.180. The van der Waals surface area contributed by atoms with E-state index in [-0.39, 0.29) is 18.8 Å². The highest BCUT2D eigenvalue weighted by atomic mass is 16.7. The molecule has 0 unspecified atom stereocenters. The summed E-state index contributed by atoms with van der Waals surface area (Å²) in [6.45, 7) is 4.02. The van der Waals surface area contributed by atoms with E-state index in [1.165, 1.54) is 0 Å². The monoisotopic (exact) mass is 279 g/mol. The minimum absolute atomic E-state index is 0.0233. The van der Waals surface area contributed by atoms with Crippen molar-refractivity contribution >= 4 is 5.91 Å². The van der Waals surface area contributed by atoms with Crippen LogP contribution in [0.4, 0.5) is 0 Å². The van der Waals surface area contributed by atoms with Crippen LogP contribution >= 0.6 is 0 Å². The van der Waals surface area contributed by atoms with E-state index in [9.17, 15) is 4.79 Å². The maximum atomic E-state index is 11.6. The predicted molar refractivity (Wildman–Crippen MR) is 74.6 cm³/mol. The smallest absolute Gasteiger partial charge is 0.257 e. The van der Waals surface area contributed by atoms with Gasteiger partial charge in [0.05, 0.1) is 13.2 Å². The second-order valence-corrected chi connectivity index (χ2v) is 4.77. The number of aryl methyl sites for hydroxylation is 1. The highest BCUT2D eigenvalue weighted by Gasteiger charge is 2.14. The normalized spacial score (nSPS) is 15.8. The number of carbonyl (C=O) groups excluding carboxylic acids is 1. The van der Waals surface area contributed by atoms with Crippen molar-refractivity contribution in [2.75, 3.05) is 26.4 Å². The van der Waals surface area contributed by atoms with Crippen LogP contribution < -0.4 is 10.1 Å². The van der Waals surface area contributed by atoms with E-state index in [0.717, 1.165) is 25.2 Å². The largest absolute Gasteiger partial charge is 0.484 e. The molecule has 1 amide bonds. The first-order chi connectivity index (χ1) is 9.74. The summed E-state index contributed by atoms with van der Waals surface area (Å²) in [5, 5.41) is 2.79. The van der Waals surface area contributed by atoms with Crippen molar-refractivity contribution in [2.24, 2.45) is 0 Å². The third-order valence-corrected chi connectivity index (χ3v) is 2.99. The van der Waals surface area contributed by atoms with Gasteiger partial charge in [0.25, 0.3) is 5.91 Å². The van der Waals surface area contributed by atoms with Crippen molar-refractivity contribution < 1.29 is 19.0 Å². The standard InChI is InChI=1S/C15H21NO4/c1-12-3-5-13(6-4-12)20-11-14(17)16-8-7-15-18-9-2-10-19-15/h3-6,15H,2,7-11H2,1H3,(H,16,17). The lowest BCUT2D eigenvalue weighted by atomic mass is 10.2. The van der Waals surface area contributed by atoms with E-state index in [4.69, 9.17) is 14.2 Å². The minimum Gasteiger partial charge on any atom is -0.484 e. The van der Waals surface area contributed by atoms with Gasteiger partial charge in [-0.15, -0.1) is 0 Å². The Kier molecular flexibility index (Phi) is 5.83. The van der Waals surface area contributed by atoms with E-state index in [2.05, 4.69) is 5.32 Å². The molecule has 0 radical (unpaired) electrons. The van der Waals surface area contributed by atoms with Gasteiger partial charge >= 0.3 is 0 Å². The van der Waals surface area contributed by atoms with Gasteiger partial charge in [0, 0.05) is 13.0 Å².